The van der Waals surface area contributed by atoms with Crippen LogP contribution in [0.3, 0.4) is 0 Å². The smallest absolute Gasteiger partial charge is 0.407 e. The molecule has 5 atom stereocenters. The van der Waals surface area contributed by atoms with Crippen molar-refractivity contribution < 1.29 is 43.0 Å². The third-order valence-electron chi connectivity index (χ3n) is 11.6. The highest BCUT2D eigenvalue weighted by Crippen LogP contribution is 2.45. The van der Waals surface area contributed by atoms with Gasteiger partial charge in [0.2, 0.25) is 29.9 Å². The number of carbonyl (C=O) groups excluding carboxylic acids is 6. The van der Waals surface area contributed by atoms with Crippen LogP contribution in [0, 0.1) is 11.8 Å². The summed E-state index contributed by atoms with van der Waals surface area (Å²) in [6.45, 7) is 8.08. The highest BCUT2D eigenvalue weighted by molar-refractivity contribution is 6.02. The molecule has 16 heteroatoms. The zero-order valence-corrected chi connectivity index (χ0v) is 35.2. The Labute approximate surface area is 354 Å². The molecule has 61 heavy (non-hydrogen) atoms. The van der Waals surface area contributed by atoms with Crippen molar-refractivity contribution in [1.29, 1.82) is 0 Å². The summed E-state index contributed by atoms with van der Waals surface area (Å²) in [7, 11) is 2.48. The van der Waals surface area contributed by atoms with Crippen LogP contribution in [0.15, 0.2) is 72.8 Å². The first kappa shape index (κ1) is 42.5. The molecule has 4 aromatic rings. The molecule has 2 fully saturated rings. The lowest BCUT2D eigenvalue weighted by atomic mass is 10.0. The van der Waals surface area contributed by atoms with E-state index in [0.29, 0.717) is 55.9 Å². The molecule has 4 heterocycles. The Bertz CT molecular complexity index is 2330. The van der Waals surface area contributed by atoms with Gasteiger partial charge in [0.25, 0.3) is 0 Å². The molecule has 0 spiro atoms. The molecule has 3 aliphatic heterocycles. The minimum Gasteiger partial charge on any atom is -0.465 e. The fourth-order valence-corrected chi connectivity index (χ4v) is 8.50. The fourth-order valence-electron chi connectivity index (χ4n) is 8.50. The van der Waals surface area contributed by atoms with Crippen LogP contribution in [0.5, 0.6) is 5.75 Å². The molecular formula is C45H53N7O9. The van der Waals surface area contributed by atoms with E-state index in [-0.39, 0.29) is 35.5 Å². The molecule has 1 aromatic heterocycles. The van der Waals surface area contributed by atoms with Gasteiger partial charge in [-0.1, -0.05) is 58.0 Å². The summed E-state index contributed by atoms with van der Waals surface area (Å²) in [5, 5.41) is 12.1. The molecule has 4 N–H and O–H groups in total. The number of carbonyl (C=O) groups is 6. The number of ether oxygens (including phenoxy) is 3. The molecule has 16 nitrogen and oxygen atoms in total. The van der Waals surface area contributed by atoms with E-state index in [0.717, 1.165) is 27.7 Å². The third kappa shape index (κ3) is 8.70. The Morgan fingerprint density at radius 2 is 1.20 bits per heavy atom. The van der Waals surface area contributed by atoms with E-state index in [1.807, 2.05) is 88.4 Å². The van der Waals surface area contributed by atoms with Crippen molar-refractivity contribution in [2.24, 2.45) is 11.8 Å². The van der Waals surface area contributed by atoms with Crippen LogP contribution in [0.1, 0.15) is 65.2 Å². The van der Waals surface area contributed by atoms with Crippen molar-refractivity contribution in [2.75, 3.05) is 37.9 Å². The third-order valence-corrected chi connectivity index (χ3v) is 11.6. The van der Waals surface area contributed by atoms with Gasteiger partial charge in [-0.3, -0.25) is 19.2 Å². The Morgan fingerprint density at radius 3 is 1.72 bits per heavy atom. The van der Waals surface area contributed by atoms with Crippen LogP contribution < -0.4 is 26.0 Å². The molecule has 1 unspecified atom stereocenters. The van der Waals surface area contributed by atoms with Crippen molar-refractivity contribution >= 4 is 58.1 Å². The van der Waals surface area contributed by atoms with E-state index in [9.17, 15) is 28.8 Å². The lowest BCUT2D eigenvalue weighted by Crippen LogP contribution is -2.54. The van der Waals surface area contributed by atoms with Crippen LogP contribution in [-0.4, -0.2) is 102 Å². The number of hydrogen-bond donors (Lipinski definition) is 4. The van der Waals surface area contributed by atoms with Gasteiger partial charge in [-0.15, -0.1) is 0 Å². The molecule has 322 valence electrons. The maximum Gasteiger partial charge on any atom is 0.407 e. The van der Waals surface area contributed by atoms with Gasteiger partial charge >= 0.3 is 12.2 Å². The molecule has 0 aliphatic carbocycles. The topological polar surface area (TPSA) is 190 Å². The first-order chi connectivity index (χ1) is 29.3. The Morgan fingerprint density at radius 1 is 0.672 bits per heavy atom. The number of nitrogens with one attached hydrogen (secondary N) is 4. The van der Waals surface area contributed by atoms with Gasteiger partial charge in [-0.2, -0.15) is 0 Å². The standard InChI is InChI=1S/C45H53N7O9/c1-25(2)37(48-44(57)59-5)41(55)50-20-10-14-33(50)39(53)46-29-17-19-32-28(22-29)23-35-31-18-16-30(24-36(31)61-43(52(32)35)27-12-8-7-9-13-27)47-40(54)34-15-11-21-51(34)42(56)38(26(3)4)49-45(58)60-6/h7-9,12-13,16-19,22-26,33-34,37-38,43H,10-11,14-15,20-21H2,1-6H3,(H,46,53)(H,47,54)(H,48,57)(H,49,58)/t33-,34-,37-,38-,43?/m0/s1. The number of likely N-dealkylation sites (tertiary alicyclic amines) is 2. The van der Waals surface area contributed by atoms with Crippen molar-refractivity contribution in [3.8, 4) is 17.0 Å². The van der Waals surface area contributed by atoms with Gasteiger partial charge in [-0.05, 0) is 73.9 Å². The minimum absolute atomic E-state index is 0.222. The molecule has 7 rings (SSSR count). The van der Waals surface area contributed by atoms with Gasteiger partial charge < -0.3 is 49.8 Å². The molecule has 6 amide bonds. The summed E-state index contributed by atoms with van der Waals surface area (Å²) in [6, 6.07) is 19.8. The number of alkyl carbamates (subject to hydrolysis) is 2. The van der Waals surface area contributed by atoms with Crippen molar-refractivity contribution in [3.05, 3.63) is 78.4 Å². The van der Waals surface area contributed by atoms with Gasteiger partial charge in [0, 0.05) is 47.0 Å². The second-order valence-electron chi connectivity index (χ2n) is 16.3. The minimum atomic E-state index is -0.846. The van der Waals surface area contributed by atoms with E-state index in [4.69, 9.17) is 14.2 Å². The predicted octanol–water partition coefficient (Wildman–Crippen LogP) is 5.87. The molecule has 0 radical (unpaired) electrons. The van der Waals surface area contributed by atoms with Crippen molar-refractivity contribution in [3.63, 3.8) is 0 Å². The average molecular weight is 836 g/mol. The summed E-state index contributed by atoms with van der Waals surface area (Å²) >= 11 is 0. The predicted molar refractivity (Wildman–Crippen MR) is 228 cm³/mol. The molecule has 0 bridgehead atoms. The summed E-state index contributed by atoms with van der Waals surface area (Å²) in [4.78, 5) is 81.9. The van der Waals surface area contributed by atoms with Gasteiger partial charge in [0.1, 0.15) is 29.9 Å². The Kier molecular flexibility index (Phi) is 12.5. The summed E-state index contributed by atoms with van der Waals surface area (Å²) in [6.07, 6.45) is 0.263. The van der Waals surface area contributed by atoms with E-state index in [1.54, 1.807) is 12.1 Å². The second-order valence-corrected chi connectivity index (χ2v) is 16.3. The summed E-state index contributed by atoms with van der Waals surface area (Å²) in [5.41, 5.74) is 4.47. The van der Waals surface area contributed by atoms with Gasteiger partial charge in [-0.25, -0.2) is 9.59 Å². The highest BCUT2D eigenvalue weighted by atomic mass is 16.5. The Hall–Kier alpha value is -6.58. The number of benzene rings is 3. The van der Waals surface area contributed by atoms with E-state index < -0.39 is 42.6 Å². The number of nitrogens with zero attached hydrogens (tertiary/aromatic N) is 3. The average Bonchev–Trinajstić information content (AvgIpc) is 4.03. The van der Waals surface area contributed by atoms with Crippen LogP contribution >= 0.6 is 0 Å². The molecule has 2 saturated heterocycles. The number of rotatable bonds is 11. The van der Waals surface area contributed by atoms with Crippen molar-refractivity contribution in [1.82, 2.24) is 25.0 Å². The van der Waals surface area contributed by atoms with Gasteiger partial charge in [0.05, 0.1) is 25.4 Å². The van der Waals surface area contributed by atoms with Crippen LogP contribution in [-0.2, 0) is 28.7 Å². The first-order valence-electron chi connectivity index (χ1n) is 20.7. The summed E-state index contributed by atoms with van der Waals surface area (Å²) in [5.74, 6) is -1.23. The number of fused-ring (bicyclic) bond motifs is 5. The van der Waals surface area contributed by atoms with E-state index in [1.165, 1.54) is 24.0 Å². The number of methoxy groups -OCH3 is 2. The number of hydrogen-bond acceptors (Lipinski definition) is 9. The number of anilines is 2. The Balaban J connectivity index is 1.13. The molecular weight excluding hydrogens is 783 g/mol. The zero-order valence-electron chi connectivity index (χ0n) is 35.2. The maximum atomic E-state index is 13.8. The quantitative estimate of drug-likeness (QED) is 0.143. The lowest BCUT2D eigenvalue weighted by Gasteiger charge is -2.31. The maximum absolute atomic E-state index is 13.8. The number of amides is 6. The fraction of sp³-hybridized carbons (Fsp3) is 0.422. The molecule has 0 saturated carbocycles. The second kappa shape index (κ2) is 18.0. The molecule has 3 aliphatic rings. The number of aromatic nitrogens is 1. The molecule has 3 aromatic carbocycles. The normalized spacial score (nSPS) is 19.0. The first-order valence-corrected chi connectivity index (χ1v) is 20.7. The van der Waals surface area contributed by atoms with Crippen LogP contribution in [0.4, 0.5) is 21.0 Å². The SMILES string of the molecule is COC(=O)N[C@H](C(=O)N1CCC[C@H]1C(=O)Nc1ccc2c(c1)OC(c1ccccc1)n1c-2cc2cc(NC(=O)[C@@H]3CCCN3C(=O)[C@@H](NC(=O)OC)C(C)C)ccc21)C(C)C. The monoisotopic (exact) mass is 835 g/mol. The largest absolute Gasteiger partial charge is 0.465 e. The van der Waals surface area contributed by atoms with Crippen LogP contribution in [0.25, 0.3) is 22.2 Å². The highest BCUT2D eigenvalue weighted by Gasteiger charge is 2.41. The van der Waals surface area contributed by atoms with Crippen molar-refractivity contribution in [2.45, 2.75) is 83.8 Å². The van der Waals surface area contributed by atoms with Gasteiger partial charge in [0.15, 0.2) is 0 Å². The van der Waals surface area contributed by atoms with E-state index in [2.05, 4.69) is 25.8 Å². The summed E-state index contributed by atoms with van der Waals surface area (Å²) < 4.78 is 18.3. The van der Waals surface area contributed by atoms with Crippen LogP contribution in [0.2, 0.25) is 0 Å². The lowest BCUT2D eigenvalue weighted by molar-refractivity contribution is -0.139. The van der Waals surface area contributed by atoms with E-state index >= 15 is 0 Å². The zero-order chi connectivity index (χ0) is 43.5.